The fourth-order valence-electron chi connectivity index (χ4n) is 8.10. The van der Waals surface area contributed by atoms with E-state index in [4.69, 9.17) is 0 Å². The van der Waals surface area contributed by atoms with E-state index in [1.54, 1.807) is 17.5 Å². The van der Waals surface area contributed by atoms with Gasteiger partial charge in [-0.05, 0) is 92.7 Å². The summed E-state index contributed by atoms with van der Waals surface area (Å²) in [5, 5.41) is 12.0. The van der Waals surface area contributed by atoms with Gasteiger partial charge in [-0.15, -0.1) is 0 Å². The molecule has 11 rings (SSSR count). The van der Waals surface area contributed by atoms with Crippen molar-refractivity contribution in [3.05, 3.63) is 161 Å². The lowest BCUT2D eigenvalue weighted by molar-refractivity contribution is 1.21. The molecule has 0 aliphatic rings. The van der Waals surface area contributed by atoms with E-state index >= 15 is 0 Å². The molecule has 0 atom stereocenters. The van der Waals surface area contributed by atoms with E-state index in [0.717, 1.165) is 54.9 Å². The number of nitrogens with zero attached hydrogens (tertiary/aromatic N) is 3. The fourth-order valence-corrected chi connectivity index (χ4v) is 8.93. The molecule has 0 saturated heterocycles. The second-order valence-electron chi connectivity index (χ2n) is 12.8. The maximum atomic E-state index is 14.5. The summed E-state index contributed by atoms with van der Waals surface area (Å²) >= 11 is 1.71. The van der Waals surface area contributed by atoms with E-state index in [1.807, 2.05) is 34.9 Å². The summed E-state index contributed by atoms with van der Waals surface area (Å²) in [6, 6.07) is 45.0. The van der Waals surface area contributed by atoms with E-state index in [2.05, 4.69) is 123 Å². The van der Waals surface area contributed by atoms with Gasteiger partial charge in [-0.2, -0.15) is 11.3 Å². The summed E-state index contributed by atoms with van der Waals surface area (Å²) in [5.74, 6) is 0. The number of rotatable bonds is 3. The maximum Gasteiger partial charge on any atom is 0.265 e. The molecular weight excluding hydrogens is 619 g/mol. The van der Waals surface area contributed by atoms with Crippen molar-refractivity contribution in [2.45, 2.75) is 0 Å². The molecule has 0 saturated carbocycles. The van der Waals surface area contributed by atoms with Crippen LogP contribution in [0, 0.1) is 0 Å². The third-order valence-corrected chi connectivity index (χ3v) is 11.0. The summed E-state index contributed by atoms with van der Waals surface area (Å²) in [6.07, 6.45) is 3.69. The second-order valence-corrected chi connectivity index (χ2v) is 13.5. The third kappa shape index (κ3) is 3.62. The highest BCUT2D eigenvalue weighted by molar-refractivity contribution is 7.09. The molecule has 4 nitrogen and oxygen atoms in total. The maximum absolute atomic E-state index is 14.5. The van der Waals surface area contributed by atoms with E-state index in [9.17, 15) is 4.79 Å². The van der Waals surface area contributed by atoms with Gasteiger partial charge in [0.25, 0.3) is 5.56 Å². The SMILES string of the molecule is O=c1c2ccccc2n2c3ccc(-c4cc(-c5ccccc5)cc(-c5ccccc5)c4)cc3c3c4cscc4c4c5cnccc5n1c4c32. The van der Waals surface area contributed by atoms with Crippen LogP contribution in [0.25, 0.3) is 98.7 Å². The standard InChI is InChI=1S/C44H25N3OS/c48-44-32-13-7-8-14-37(32)46-38-16-15-28(31-20-29(26-9-3-1-4-10-26)19-30(21-31)27-11-5-2-6-12-27)22-33(38)40-35-24-49-25-36(35)41-34-23-45-18-17-39(34)47(44)43(41)42(40)46/h1-25H. The Morgan fingerprint density at radius 3 is 1.73 bits per heavy atom. The molecule has 0 N–H and O–H groups in total. The van der Waals surface area contributed by atoms with Crippen LogP contribution in [-0.4, -0.2) is 13.8 Å². The lowest BCUT2D eigenvalue weighted by atomic mass is 9.92. The number of aromatic nitrogens is 3. The molecule has 5 heteroatoms. The minimum absolute atomic E-state index is 0.0164. The van der Waals surface area contributed by atoms with Gasteiger partial charge in [-0.25, -0.2) is 0 Å². The van der Waals surface area contributed by atoms with Crippen LogP contribution in [-0.2, 0) is 0 Å². The van der Waals surface area contributed by atoms with Crippen LogP contribution in [0.1, 0.15) is 0 Å². The Balaban J connectivity index is 1.32. The molecule has 0 unspecified atom stereocenters. The zero-order valence-corrected chi connectivity index (χ0v) is 26.9. The molecule has 6 aromatic carbocycles. The van der Waals surface area contributed by atoms with Crippen molar-refractivity contribution in [3.8, 4) is 33.4 Å². The lowest BCUT2D eigenvalue weighted by Gasteiger charge is -2.12. The molecule has 49 heavy (non-hydrogen) atoms. The first-order chi connectivity index (χ1) is 24.2. The van der Waals surface area contributed by atoms with Gasteiger partial charge in [0.1, 0.15) is 0 Å². The second kappa shape index (κ2) is 9.86. The predicted octanol–water partition coefficient (Wildman–Crippen LogP) is 11.2. The van der Waals surface area contributed by atoms with E-state index in [1.165, 1.54) is 38.4 Å². The minimum Gasteiger partial charge on any atom is -0.306 e. The number of benzene rings is 6. The quantitative estimate of drug-likeness (QED) is 0.192. The zero-order valence-electron chi connectivity index (χ0n) is 26.1. The molecule has 0 aliphatic heterocycles. The summed E-state index contributed by atoms with van der Waals surface area (Å²) in [7, 11) is 0. The number of fused-ring (bicyclic) bond motifs is 11. The minimum atomic E-state index is -0.0164. The summed E-state index contributed by atoms with van der Waals surface area (Å²) in [6.45, 7) is 0. The number of hydrogen-bond acceptors (Lipinski definition) is 3. The summed E-state index contributed by atoms with van der Waals surface area (Å²) in [5.41, 5.74) is 11.9. The van der Waals surface area contributed by atoms with Gasteiger partial charge in [-0.3, -0.25) is 14.2 Å². The molecule has 0 radical (unpaired) electrons. The highest BCUT2D eigenvalue weighted by Gasteiger charge is 2.25. The van der Waals surface area contributed by atoms with Crippen molar-refractivity contribution < 1.29 is 0 Å². The van der Waals surface area contributed by atoms with Gasteiger partial charge in [-0.1, -0.05) is 78.9 Å². The van der Waals surface area contributed by atoms with Gasteiger partial charge in [0.05, 0.1) is 33.0 Å². The third-order valence-electron chi connectivity index (χ3n) is 10.2. The molecule has 5 aromatic heterocycles. The highest BCUT2D eigenvalue weighted by Crippen LogP contribution is 2.46. The molecule has 0 fully saturated rings. The Hall–Kier alpha value is -6.30. The van der Waals surface area contributed by atoms with Crippen molar-refractivity contribution >= 4 is 76.6 Å². The Morgan fingerprint density at radius 1 is 0.449 bits per heavy atom. The molecule has 0 spiro atoms. The van der Waals surface area contributed by atoms with Gasteiger partial charge in [0.15, 0.2) is 0 Å². The first kappa shape index (κ1) is 26.7. The first-order valence-corrected chi connectivity index (χ1v) is 17.3. The first-order valence-electron chi connectivity index (χ1n) is 16.4. The van der Waals surface area contributed by atoms with Crippen LogP contribution in [0.15, 0.2) is 155 Å². The van der Waals surface area contributed by atoms with E-state index < -0.39 is 0 Å². The van der Waals surface area contributed by atoms with Crippen molar-refractivity contribution in [1.82, 2.24) is 13.8 Å². The van der Waals surface area contributed by atoms with Crippen molar-refractivity contribution in [2.24, 2.45) is 0 Å². The normalized spacial score (nSPS) is 12.2. The van der Waals surface area contributed by atoms with Crippen molar-refractivity contribution in [2.75, 3.05) is 0 Å². The zero-order chi connectivity index (χ0) is 32.2. The molecular formula is C44H25N3OS. The van der Waals surface area contributed by atoms with Crippen LogP contribution in [0.2, 0.25) is 0 Å². The number of thiophene rings is 1. The molecule has 0 aliphatic carbocycles. The van der Waals surface area contributed by atoms with Crippen LogP contribution >= 0.6 is 11.3 Å². The van der Waals surface area contributed by atoms with Crippen LogP contribution in [0.5, 0.6) is 0 Å². The Morgan fingerprint density at radius 2 is 1.02 bits per heavy atom. The molecule has 228 valence electrons. The monoisotopic (exact) mass is 643 g/mol. The van der Waals surface area contributed by atoms with Crippen LogP contribution in [0.4, 0.5) is 0 Å². The summed E-state index contributed by atoms with van der Waals surface area (Å²) in [4.78, 5) is 19.0. The Kier molecular flexibility index (Phi) is 5.38. The van der Waals surface area contributed by atoms with Crippen LogP contribution in [0.3, 0.4) is 0 Å². The Bertz CT molecular complexity index is 3110. The highest BCUT2D eigenvalue weighted by atomic mass is 32.1. The lowest BCUT2D eigenvalue weighted by Crippen LogP contribution is -2.09. The number of hydrogen-bond donors (Lipinski definition) is 0. The average molecular weight is 644 g/mol. The smallest absolute Gasteiger partial charge is 0.265 e. The van der Waals surface area contributed by atoms with E-state index in [0.29, 0.717) is 5.39 Å². The van der Waals surface area contributed by atoms with Gasteiger partial charge in [0, 0.05) is 44.7 Å². The van der Waals surface area contributed by atoms with Gasteiger partial charge in [0.2, 0.25) is 0 Å². The number of para-hydroxylation sites is 1. The number of pyridine rings is 1. The Labute approximate surface area is 283 Å². The summed E-state index contributed by atoms with van der Waals surface area (Å²) < 4.78 is 4.26. The molecule has 11 aromatic rings. The predicted molar refractivity (Wildman–Crippen MR) is 205 cm³/mol. The van der Waals surface area contributed by atoms with Crippen molar-refractivity contribution in [1.29, 1.82) is 0 Å². The average Bonchev–Trinajstić information content (AvgIpc) is 3.85. The van der Waals surface area contributed by atoms with Gasteiger partial charge >= 0.3 is 0 Å². The molecule has 0 bridgehead atoms. The molecule has 5 heterocycles. The fraction of sp³-hybridized carbons (Fsp3) is 0. The largest absolute Gasteiger partial charge is 0.306 e. The molecule has 0 amide bonds. The van der Waals surface area contributed by atoms with Gasteiger partial charge < -0.3 is 4.40 Å². The topological polar surface area (TPSA) is 38.8 Å². The van der Waals surface area contributed by atoms with Crippen LogP contribution < -0.4 is 5.56 Å². The van der Waals surface area contributed by atoms with Crippen molar-refractivity contribution in [3.63, 3.8) is 0 Å². The van der Waals surface area contributed by atoms with E-state index in [-0.39, 0.29) is 5.56 Å².